The van der Waals surface area contributed by atoms with Crippen molar-refractivity contribution in [3.05, 3.63) is 71.0 Å². The number of amides is 1. The van der Waals surface area contributed by atoms with Crippen LogP contribution in [-0.2, 0) is 21.4 Å². The summed E-state index contributed by atoms with van der Waals surface area (Å²) in [5.41, 5.74) is 2.62. The molecule has 3 aromatic heterocycles. The quantitative estimate of drug-likeness (QED) is 0.443. The number of aromatic nitrogens is 3. The van der Waals surface area contributed by atoms with Crippen LogP contribution in [0.5, 0.6) is 0 Å². The highest BCUT2D eigenvalue weighted by atomic mass is 35.5. The number of benzene rings is 1. The van der Waals surface area contributed by atoms with Crippen LogP contribution in [0.2, 0.25) is 4.34 Å². The number of thiophene rings is 1. The van der Waals surface area contributed by atoms with Crippen LogP contribution in [0.4, 0.5) is 0 Å². The van der Waals surface area contributed by atoms with Crippen LogP contribution in [0.15, 0.2) is 65.3 Å². The van der Waals surface area contributed by atoms with Gasteiger partial charge in [-0.3, -0.25) is 9.36 Å². The number of carbonyl (C=O) groups excluding carboxylic acids is 1. The van der Waals surface area contributed by atoms with E-state index in [0.717, 1.165) is 32.2 Å². The lowest BCUT2D eigenvalue weighted by Crippen LogP contribution is -2.37. The predicted molar refractivity (Wildman–Crippen MR) is 120 cm³/mol. The van der Waals surface area contributed by atoms with Gasteiger partial charge in [-0.05, 0) is 35.9 Å². The summed E-state index contributed by atoms with van der Waals surface area (Å²) >= 11 is 6.76. The molecule has 0 aliphatic carbocycles. The molecule has 0 aliphatic heterocycles. The SMILES string of the molecule is CN(CC(=O)NCc1ccc(-n2cnc3ccccc32)nc1)S(=O)(=O)c1ccc(Cl)s1. The Morgan fingerprint density at radius 2 is 1.97 bits per heavy atom. The lowest BCUT2D eigenvalue weighted by atomic mass is 10.2. The zero-order valence-corrected chi connectivity index (χ0v) is 18.8. The predicted octanol–water partition coefficient (Wildman–Crippen LogP) is 3.07. The summed E-state index contributed by atoms with van der Waals surface area (Å²) < 4.78 is 28.3. The van der Waals surface area contributed by atoms with E-state index in [-0.39, 0.29) is 17.3 Å². The van der Waals surface area contributed by atoms with Crippen molar-refractivity contribution < 1.29 is 13.2 Å². The number of sulfonamides is 1. The third-order valence-electron chi connectivity index (χ3n) is 4.58. The largest absolute Gasteiger partial charge is 0.351 e. The number of halogens is 1. The second-order valence-corrected chi connectivity index (χ2v) is 10.7. The van der Waals surface area contributed by atoms with E-state index in [2.05, 4.69) is 15.3 Å². The number of carbonyl (C=O) groups is 1. The summed E-state index contributed by atoms with van der Waals surface area (Å²) in [5, 5.41) is 2.72. The number of likely N-dealkylation sites (N-methyl/N-ethyl adjacent to an activating group) is 1. The topological polar surface area (TPSA) is 97.2 Å². The summed E-state index contributed by atoms with van der Waals surface area (Å²) in [6.07, 6.45) is 3.38. The Bertz CT molecular complexity index is 1330. The number of rotatable bonds is 7. The van der Waals surface area contributed by atoms with E-state index in [9.17, 15) is 13.2 Å². The van der Waals surface area contributed by atoms with Gasteiger partial charge in [0.25, 0.3) is 10.0 Å². The normalized spacial score (nSPS) is 11.8. The van der Waals surface area contributed by atoms with E-state index in [1.165, 1.54) is 19.2 Å². The van der Waals surface area contributed by atoms with Gasteiger partial charge in [0.2, 0.25) is 5.91 Å². The average molecular weight is 476 g/mol. The molecule has 0 radical (unpaired) electrons. The number of hydrogen-bond acceptors (Lipinski definition) is 6. The van der Waals surface area contributed by atoms with Crippen LogP contribution < -0.4 is 5.32 Å². The molecule has 1 N–H and O–H groups in total. The maximum Gasteiger partial charge on any atom is 0.252 e. The first-order valence-corrected chi connectivity index (χ1v) is 11.8. The minimum atomic E-state index is -3.76. The van der Waals surface area contributed by atoms with Crippen molar-refractivity contribution in [1.82, 2.24) is 24.2 Å². The number of fused-ring (bicyclic) bond motifs is 1. The van der Waals surface area contributed by atoms with E-state index in [1.807, 2.05) is 41.0 Å². The van der Waals surface area contributed by atoms with Crippen molar-refractivity contribution in [2.45, 2.75) is 10.8 Å². The van der Waals surface area contributed by atoms with Gasteiger partial charge in [0, 0.05) is 19.8 Å². The fraction of sp³-hybridized carbons (Fsp3) is 0.150. The van der Waals surface area contributed by atoms with Gasteiger partial charge in [-0.2, -0.15) is 4.31 Å². The number of nitrogens with zero attached hydrogens (tertiary/aromatic N) is 4. The molecule has 0 saturated heterocycles. The van der Waals surface area contributed by atoms with Gasteiger partial charge in [-0.1, -0.05) is 29.8 Å². The maximum atomic E-state index is 12.5. The van der Waals surface area contributed by atoms with Gasteiger partial charge in [0.1, 0.15) is 16.4 Å². The Hall–Kier alpha value is -2.79. The van der Waals surface area contributed by atoms with Gasteiger partial charge < -0.3 is 5.32 Å². The highest BCUT2D eigenvalue weighted by Gasteiger charge is 2.24. The molecule has 160 valence electrons. The third kappa shape index (κ3) is 4.62. The minimum Gasteiger partial charge on any atom is -0.351 e. The molecule has 4 aromatic rings. The molecule has 1 aromatic carbocycles. The Kier molecular flexibility index (Phi) is 6.05. The monoisotopic (exact) mass is 475 g/mol. The fourth-order valence-corrected chi connectivity index (χ4v) is 5.76. The van der Waals surface area contributed by atoms with Crippen molar-refractivity contribution in [2.24, 2.45) is 0 Å². The van der Waals surface area contributed by atoms with Gasteiger partial charge in [-0.15, -0.1) is 11.3 Å². The Balaban J connectivity index is 1.36. The van der Waals surface area contributed by atoms with E-state index in [0.29, 0.717) is 10.2 Å². The van der Waals surface area contributed by atoms with E-state index in [4.69, 9.17) is 11.6 Å². The number of hydrogen-bond donors (Lipinski definition) is 1. The number of nitrogens with one attached hydrogen (secondary N) is 1. The molecule has 31 heavy (non-hydrogen) atoms. The number of imidazole rings is 1. The Morgan fingerprint density at radius 3 is 2.68 bits per heavy atom. The van der Waals surface area contributed by atoms with Gasteiger partial charge in [-0.25, -0.2) is 18.4 Å². The smallest absolute Gasteiger partial charge is 0.252 e. The van der Waals surface area contributed by atoms with Crippen LogP contribution in [0, 0.1) is 0 Å². The molecule has 0 saturated carbocycles. The fourth-order valence-electron chi connectivity index (χ4n) is 2.94. The first-order valence-electron chi connectivity index (χ1n) is 9.20. The van der Waals surface area contributed by atoms with Crippen LogP contribution in [0.3, 0.4) is 0 Å². The second kappa shape index (κ2) is 8.75. The first kappa shape index (κ1) is 21.4. The Morgan fingerprint density at radius 1 is 1.16 bits per heavy atom. The summed E-state index contributed by atoms with van der Waals surface area (Å²) in [4.78, 5) is 21.0. The third-order valence-corrected chi connectivity index (χ3v) is 8.08. The molecule has 8 nitrogen and oxygen atoms in total. The molecule has 0 unspecified atom stereocenters. The van der Waals surface area contributed by atoms with Crippen molar-refractivity contribution in [3.8, 4) is 5.82 Å². The molecule has 0 atom stereocenters. The second-order valence-electron chi connectivity index (χ2n) is 6.72. The summed E-state index contributed by atoms with van der Waals surface area (Å²) in [6.45, 7) is -0.0695. The molecule has 0 spiro atoms. The van der Waals surface area contributed by atoms with Crippen LogP contribution in [0.25, 0.3) is 16.9 Å². The molecule has 3 heterocycles. The summed E-state index contributed by atoms with van der Waals surface area (Å²) in [7, 11) is -2.40. The van der Waals surface area contributed by atoms with Crippen LogP contribution >= 0.6 is 22.9 Å². The summed E-state index contributed by atoms with van der Waals surface area (Å²) in [5.74, 6) is 0.294. The number of para-hydroxylation sites is 2. The van der Waals surface area contributed by atoms with Crippen molar-refractivity contribution in [3.63, 3.8) is 0 Å². The molecule has 0 aliphatic rings. The van der Waals surface area contributed by atoms with E-state index in [1.54, 1.807) is 12.5 Å². The first-order chi connectivity index (χ1) is 14.8. The molecule has 11 heteroatoms. The van der Waals surface area contributed by atoms with Crippen molar-refractivity contribution in [1.29, 1.82) is 0 Å². The van der Waals surface area contributed by atoms with Crippen molar-refractivity contribution >= 4 is 49.9 Å². The average Bonchev–Trinajstić information content (AvgIpc) is 3.39. The molecular formula is C20H18ClN5O3S2. The lowest BCUT2D eigenvalue weighted by molar-refractivity contribution is -0.121. The van der Waals surface area contributed by atoms with Crippen LogP contribution in [0.1, 0.15) is 5.56 Å². The Labute approximate surface area is 188 Å². The molecular weight excluding hydrogens is 458 g/mol. The highest BCUT2D eigenvalue weighted by molar-refractivity contribution is 7.91. The molecule has 0 bridgehead atoms. The summed E-state index contributed by atoms with van der Waals surface area (Å²) in [6, 6.07) is 14.4. The van der Waals surface area contributed by atoms with Crippen molar-refractivity contribution in [2.75, 3.05) is 13.6 Å². The number of pyridine rings is 1. The van der Waals surface area contributed by atoms with Gasteiger partial charge in [0.05, 0.1) is 21.9 Å². The standard InChI is InChI=1S/C20H18ClN5O3S2/c1-25(31(28,29)20-9-7-17(21)30-20)12-19(27)23-11-14-6-8-18(22-10-14)26-13-24-15-4-2-3-5-16(15)26/h2-10,13H,11-12H2,1H3,(H,23,27). The van der Waals surface area contributed by atoms with E-state index < -0.39 is 15.9 Å². The highest BCUT2D eigenvalue weighted by Crippen LogP contribution is 2.27. The lowest BCUT2D eigenvalue weighted by Gasteiger charge is -2.15. The van der Waals surface area contributed by atoms with Gasteiger partial charge in [0.15, 0.2) is 0 Å². The molecule has 0 fully saturated rings. The zero-order chi connectivity index (χ0) is 22.0. The maximum absolute atomic E-state index is 12.5. The molecule has 4 rings (SSSR count). The van der Waals surface area contributed by atoms with Gasteiger partial charge >= 0.3 is 0 Å². The van der Waals surface area contributed by atoms with E-state index >= 15 is 0 Å². The zero-order valence-electron chi connectivity index (χ0n) is 16.4. The molecule has 1 amide bonds. The van der Waals surface area contributed by atoms with Crippen LogP contribution in [-0.4, -0.2) is 46.8 Å². The minimum absolute atomic E-state index is 0.0969.